The zero-order chi connectivity index (χ0) is 13.4. The van der Waals surface area contributed by atoms with Crippen molar-refractivity contribution in [1.82, 2.24) is 4.90 Å². The van der Waals surface area contributed by atoms with Gasteiger partial charge in [-0.3, -0.25) is 4.79 Å². The third-order valence-corrected chi connectivity index (χ3v) is 4.84. The number of ketones is 1. The van der Waals surface area contributed by atoms with Crippen LogP contribution in [0.15, 0.2) is 24.3 Å². The summed E-state index contributed by atoms with van der Waals surface area (Å²) in [7, 11) is 3.83. The van der Waals surface area contributed by atoms with Crippen LogP contribution >= 0.6 is 0 Å². The van der Waals surface area contributed by atoms with E-state index in [-0.39, 0.29) is 11.7 Å². The second kappa shape index (κ2) is 4.97. The lowest BCUT2D eigenvalue weighted by atomic mass is 9.85. The van der Waals surface area contributed by atoms with E-state index in [1.54, 1.807) is 7.11 Å². The van der Waals surface area contributed by atoms with E-state index in [1.807, 2.05) is 24.3 Å². The smallest absolute Gasteiger partial charge is 0.169 e. The highest BCUT2D eigenvalue weighted by atomic mass is 16.5. The van der Waals surface area contributed by atoms with Crippen LogP contribution in [0.1, 0.15) is 36.0 Å². The first kappa shape index (κ1) is 12.7. The van der Waals surface area contributed by atoms with Gasteiger partial charge in [0.25, 0.3) is 0 Å². The zero-order valence-corrected chi connectivity index (χ0v) is 11.6. The Labute approximate surface area is 114 Å². The Balaban J connectivity index is 1.81. The lowest BCUT2D eigenvalue weighted by Crippen LogP contribution is -2.42. The Morgan fingerprint density at radius 2 is 1.84 bits per heavy atom. The van der Waals surface area contributed by atoms with E-state index in [1.165, 1.54) is 12.8 Å². The monoisotopic (exact) mass is 259 g/mol. The van der Waals surface area contributed by atoms with Crippen LogP contribution in [0.2, 0.25) is 0 Å². The number of carbonyl (C=O) groups excluding carboxylic acids is 1. The fraction of sp³-hybridized carbons (Fsp3) is 0.562. The molecule has 2 saturated heterocycles. The van der Waals surface area contributed by atoms with Crippen molar-refractivity contribution >= 4 is 5.78 Å². The second-order valence-corrected chi connectivity index (χ2v) is 5.78. The molecule has 0 spiro atoms. The van der Waals surface area contributed by atoms with Gasteiger partial charge in [0.1, 0.15) is 5.75 Å². The number of piperidine rings is 1. The number of nitrogens with zero attached hydrogens (tertiary/aromatic N) is 1. The predicted octanol–water partition coefficient (Wildman–Crippen LogP) is 2.75. The number of methoxy groups -OCH3 is 1. The zero-order valence-electron chi connectivity index (χ0n) is 11.6. The van der Waals surface area contributed by atoms with E-state index >= 15 is 0 Å². The quantitative estimate of drug-likeness (QED) is 0.782. The van der Waals surface area contributed by atoms with Crippen molar-refractivity contribution < 1.29 is 9.53 Å². The Morgan fingerprint density at radius 1 is 1.21 bits per heavy atom. The Morgan fingerprint density at radius 3 is 2.47 bits per heavy atom. The van der Waals surface area contributed by atoms with Gasteiger partial charge >= 0.3 is 0 Å². The average Bonchev–Trinajstić information content (AvgIpc) is 2.68. The van der Waals surface area contributed by atoms with Gasteiger partial charge in [-0.25, -0.2) is 0 Å². The summed E-state index contributed by atoms with van der Waals surface area (Å²) in [5.41, 5.74) is 0.749. The molecule has 1 aromatic carbocycles. The maximum Gasteiger partial charge on any atom is 0.169 e. The number of benzene rings is 1. The summed E-state index contributed by atoms with van der Waals surface area (Å²) < 4.78 is 5.32. The molecule has 0 aromatic heterocycles. The van der Waals surface area contributed by atoms with Crippen LogP contribution in [0.25, 0.3) is 0 Å². The maximum atomic E-state index is 12.7. The fourth-order valence-electron chi connectivity index (χ4n) is 3.69. The molecule has 2 heterocycles. The molecule has 1 aromatic rings. The molecular formula is C16H21NO2. The molecule has 0 amide bonds. The van der Waals surface area contributed by atoms with Crippen LogP contribution in [0.4, 0.5) is 0 Å². The summed E-state index contributed by atoms with van der Waals surface area (Å²) in [5.74, 6) is 1.14. The van der Waals surface area contributed by atoms with Crippen LogP contribution < -0.4 is 4.74 Å². The predicted molar refractivity (Wildman–Crippen MR) is 74.6 cm³/mol. The standard InChI is InChI=1S/C16H21NO2/c1-17-12-7-8-13(17)10-11(9-12)16(18)14-5-3-4-6-15(14)19-2/h3-6,11-13H,7-10H2,1-2H3. The largest absolute Gasteiger partial charge is 0.496 e. The third kappa shape index (κ3) is 2.16. The minimum Gasteiger partial charge on any atom is -0.496 e. The van der Waals surface area contributed by atoms with E-state index in [2.05, 4.69) is 11.9 Å². The average molecular weight is 259 g/mol. The SMILES string of the molecule is COc1ccccc1C(=O)C1CC2CCC(C1)N2C. The first-order chi connectivity index (χ1) is 9.20. The normalized spacial score (nSPS) is 30.3. The Kier molecular flexibility index (Phi) is 3.31. The number of hydrogen-bond acceptors (Lipinski definition) is 3. The molecule has 2 atom stereocenters. The molecule has 0 N–H and O–H groups in total. The molecule has 0 radical (unpaired) electrons. The molecule has 102 valence electrons. The van der Waals surface area contributed by atoms with Crippen molar-refractivity contribution in [3.05, 3.63) is 29.8 Å². The number of carbonyl (C=O) groups is 1. The van der Waals surface area contributed by atoms with Crippen molar-refractivity contribution in [3.63, 3.8) is 0 Å². The van der Waals surface area contributed by atoms with Crippen LogP contribution in [-0.2, 0) is 0 Å². The van der Waals surface area contributed by atoms with Gasteiger partial charge in [-0.05, 0) is 44.9 Å². The van der Waals surface area contributed by atoms with Gasteiger partial charge < -0.3 is 9.64 Å². The maximum absolute atomic E-state index is 12.7. The van der Waals surface area contributed by atoms with E-state index in [9.17, 15) is 4.79 Å². The van der Waals surface area contributed by atoms with Gasteiger partial charge in [-0.1, -0.05) is 12.1 Å². The summed E-state index contributed by atoms with van der Waals surface area (Å²) in [5, 5.41) is 0. The van der Waals surface area contributed by atoms with Crippen molar-refractivity contribution in [2.45, 2.75) is 37.8 Å². The second-order valence-electron chi connectivity index (χ2n) is 5.78. The molecular weight excluding hydrogens is 238 g/mol. The van der Waals surface area contributed by atoms with E-state index in [0.29, 0.717) is 17.8 Å². The number of rotatable bonds is 3. The van der Waals surface area contributed by atoms with Crippen LogP contribution in [-0.4, -0.2) is 36.9 Å². The van der Waals surface area contributed by atoms with Crippen LogP contribution in [0.3, 0.4) is 0 Å². The number of para-hydroxylation sites is 1. The van der Waals surface area contributed by atoms with Crippen molar-refractivity contribution in [2.75, 3.05) is 14.2 Å². The van der Waals surface area contributed by atoms with Crippen molar-refractivity contribution in [2.24, 2.45) is 5.92 Å². The third-order valence-electron chi connectivity index (χ3n) is 4.84. The summed E-state index contributed by atoms with van der Waals surface area (Å²) in [4.78, 5) is 15.2. The van der Waals surface area contributed by atoms with Gasteiger partial charge in [0, 0.05) is 18.0 Å². The molecule has 0 aliphatic carbocycles. The molecule has 2 aliphatic heterocycles. The minimum absolute atomic E-state index is 0.171. The van der Waals surface area contributed by atoms with Crippen molar-refractivity contribution in [1.29, 1.82) is 0 Å². The number of Topliss-reactive ketones (excluding diaryl/α,β-unsaturated/α-hetero) is 1. The van der Waals surface area contributed by atoms with E-state index < -0.39 is 0 Å². The van der Waals surface area contributed by atoms with Crippen molar-refractivity contribution in [3.8, 4) is 5.75 Å². The number of ether oxygens (including phenoxy) is 1. The van der Waals surface area contributed by atoms with Crippen LogP contribution in [0, 0.1) is 5.92 Å². The van der Waals surface area contributed by atoms with Gasteiger partial charge in [-0.2, -0.15) is 0 Å². The molecule has 3 rings (SSSR count). The molecule has 2 fully saturated rings. The lowest BCUT2D eigenvalue weighted by molar-refractivity contribution is 0.0764. The minimum atomic E-state index is 0.171. The van der Waals surface area contributed by atoms with Gasteiger partial charge in [0.2, 0.25) is 0 Å². The highest BCUT2D eigenvalue weighted by Gasteiger charge is 2.41. The topological polar surface area (TPSA) is 29.5 Å². The Bertz CT molecular complexity index is 471. The number of fused-ring (bicyclic) bond motifs is 2. The van der Waals surface area contributed by atoms with Gasteiger partial charge in [0.15, 0.2) is 5.78 Å². The summed E-state index contributed by atoms with van der Waals surface area (Å²) in [6.07, 6.45) is 4.50. The van der Waals surface area contributed by atoms with E-state index in [0.717, 1.165) is 18.4 Å². The van der Waals surface area contributed by atoms with Gasteiger partial charge in [0.05, 0.1) is 12.7 Å². The first-order valence-electron chi connectivity index (χ1n) is 7.10. The highest BCUT2D eigenvalue weighted by molar-refractivity contribution is 6.00. The summed E-state index contributed by atoms with van der Waals surface area (Å²) >= 11 is 0. The summed E-state index contributed by atoms with van der Waals surface area (Å²) in [6.45, 7) is 0. The molecule has 3 heteroatoms. The van der Waals surface area contributed by atoms with E-state index in [4.69, 9.17) is 4.74 Å². The lowest BCUT2D eigenvalue weighted by Gasteiger charge is -2.35. The molecule has 0 saturated carbocycles. The fourth-order valence-corrected chi connectivity index (χ4v) is 3.69. The first-order valence-corrected chi connectivity index (χ1v) is 7.10. The Hall–Kier alpha value is -1.35. The highest BCUT2D eigenvalue weighted by Crippen LogP contribution is 2.39. The molecule has 3 nitrogen and oxygen atoms in total. The van der Waals surface area contributed by atoms with Crippen LogP contribution in [0.5, 0.6) is 5.75 Å². The van der Waals surface area contributed by atoms with Gasteiger partial charge in [-0.15, -0.1) is 0 Å². The molecule has 19 heavy (non-hydrogen) atoms. The molecule has 2 aliphatic rings. The summed E-state index contributed by atoms with van der Waals surface area (Å²) in [6, 6.07) is 8.79. The molecule has 2 unspecified atom stereocenters. The molecule has 2 bridgehead atoms. The number of hydrogen-bond donors (Lipinski definition) is 0.